The highest BCUT2D eigenvalue weighted by Gasteiger charge is 2.18. The van der Waals surface area contributed by atoms with Gasteiger partial charge in [0.25, 0.3) is 0 Å². The molecule has 6 heteroatoms. The highest BCUT2D eigenvalue weighted by Crippen LogP contribution is 2.03. The molecule has 0 bridgehead atoms. The summed E-state index contributed by atoms with van der Waals surface area (Å²) in [6, 6.07) is 0. The summed E-state index contributed by atoms with van der Waals surface area (Å²) >= 11 is 0. The molecule has 0 aromatic carbocycles. The molecule has 0 fully saturated rings. The van der Waals surface area contributed by atoms with Gasteiger partial charge in [-0.25, -0.2) is 0 Å². The number of nitrogens with two attached hydrogens (primary N) is 2. The Labute approximate surface area is 89.0 Å². The second-order valence-corrected chi connectivity index (χ2v) is 3.38. The lowest BCUT2D eigenvalue weighted by atomic mass is 10.0. The smallest absolute Gasteiger partial charge is 0.248 e. The summed E-state index contributed by atoms with van der Waals surface area (Å²) in [5, 5.41) is 11.5. The van der Waals surface area contributed by atoms with Crippen LogP contribution in [-0.4, -0.2) is 36.1 Å². The fourth-order valence-electron chi connectivity index (χ4n) is 1.15. The minimum atomic E-state index is -1.34. The van der Waals surface area contributed by atoms with Gasteiger partial charge < -0.3 is 21.9 Å². The summed E-state index contributed by atoms with van der Waals surface area (Å²) in [5.41, 5.74) is 10.2. The molecule has 0 heterocycles. The van der Waals surface area contributed by atoms with E-state index in [0.29, 0.717) is 6.42 Å². The molecule has 0 saturated carbocycles. The van der Waals surface area contributed by atoms with Crippen LogP contribution in [0.4, 0.5) is 0 Å². The van der Waals surface area contributed by atoms with Crippen molar-refractivity contribution >= 4 is 11.8 Å². The quantitative estimate of drug-likeness (QED) is 0.407. The van der Waals surface area contributed by atoms with E-state index in [1.165, 1.54) is 0 Å². The van der Waals surface area contributed by atoms with E-state index in [0.717, 1.165) is 6.42 Å². The standard InChI is InChI=1S/C9H19N3O3/c1-2-3-6(4-10)9(15)12-5-7(13)8(11)14/h6-7,13H,2-5,10H2,1H3,(H2,11,14)(H,12,15). The Bertz CT molecular complexity index is 221. The summed E-state index contributed by atoms with van der Waals surface area (Å²) in [6.45, 7) is 2.05. The number of aliphatic hydroxyl groups is 1. The van der Waals surface area contributed by atoms with E-state index >= 15 is 0 Å². The van der Waals surface area contributed by atoms with E-state index in [4.69, 9.17) is 16.6 Å². The third-order valence-electron chi connectivity index (χ3n) is 2.09. The maximum Gasteiger partial charge on any atom is 0.248 e. The second kappa shape index (κ2) is 7.19. The monoisotopic (exact) mass is 217 g/mol. The van der Waals surface area contributed by atoms with E-state index in [9.17, 15) is 9.59 Å². The lowest BCUT2D eigenvalue weighted by Gasteiger charge is -2.14. The molecule has 2 atom stereocenters. The van der Waals surface area contributed by atoms with Gasteiger partial charge in [0, 0.05) is 6.54 Å². The fourth-order valence-corrected chi connectivity index (χ4v) is 1.15. The summed E-state index contributed by atoms with van der Waals surface area (Å²) < 4.78 is 0. The lowest BCUT2D eigenvalue weighted by molar-refractivity contribution is -0.128. The molecule has 15 heavy (non-hydrogen) atoms. The van der Waals surface area contributed by atoms with Crippen LogP contribution in [0.2, 0.25) is 0 Å². The van der Waals surface area contributed by atoms with Crippen molar-refractivity contribution in [3.05, 3.63) is 0 Å². The summed E-state index contributed by atoms with van der Waals surface area (Å²) in [5.74, 6) is -1.37. The van der Waals surface area contributed by atoms with E-state index in [1.807, 2.05) is 6.92 Å². The van der Waals surface area contributed by atoms with Crippen molar-refractivity contribution in [2.45, 2.75) is 25.9 Å². The van der Waals surface area contributed by atoms with E-state index in [-0.39, 0.29) is 24.9 Å². The second-order valence-electron chi connectivity index (χ2n) is 3.38. The molecule has 0 aliphatic heterocycles. The first-order valence-electron chi connectivity index (χ1n) is 4.98. The van der Waals surface area contributed by atoms with Gasteiger partial charge in [-0.2, -0.15) is 0 Å². The zero-order chi connectivity index (χ0) is 11.8. The number of rotatable bonds is 7. The van der Waals surface area contributed by atoms with Crippen LogP contribution < -0.4 is 16.8 Å². The molecule has 6 nitrogen and oxygen atoms in total. The third-order valence-corrected chi connectivity index (χ3v) is 2.09. The van der Waals surface area contributed by atoms with Crippen LogP contribution >= 0.6 is 0 Å². The minimum absolute atomic E-state index is 0.158. The molecule has 6 N–H and O–H groups in total. The van der Waals surface area contributed by atoms with Crippen molar-refractivity contribution < 1.29 is 14.7 Å². The molecule has 0 radical (unpaired) electrons. The van der Waals surface area contributed by atoms with Gasteiger partial charge in [-0.3, -0.25) is 9.59 Å². The SMILES string of the molecule is CCCC(CN)C(=O)NCC(O)C(N)=O. The molecule has 0 aromatic rings. The fraction of sp³-hybridized carbons (Fsp3) is 0.778. The molecular weight excluding hydrogens is 198 g/mol. The molecule has 0 saturated heterocycles. The first-order valence-corrected chi connectivity index (χ1v) is 4.98. The molecule has 88 valence electrons. The Morgan fingerprint density at radius 3 is 2.47 bits per heavy atom. The predicted octanol–water partition coefficient (Wildman–Crippen LogP) is -1.68. The number of amides is 2. The maximum atomic E-state index is 11.4. The Balaban J connectivity index is 3.95. The number of hydrogen-bond acceptors (Lipinski definition) is 4. The van der Waals surface area contributed by atoms with Gasteiger partial charge in [-0.1, -0.05) is 13.3 Å². The van der Waals surface area contributed by atoms with Crippen molar-refractivity contribution in [1.29, 1.82) is 0 Å². The topological polar surface area (TPSA) is 118 Å². The van der Waals surface area contributed by atoms with E-state index < -0.39 is 12.0 Å². The molecule has 0 spiro atoms. The zero-order valence-corrected chi connectivity index (χ0v) is 8.90. The normalized spacial score (nSPS) is 14.3. The van der Waals surface area contributed by atoms with Gasteiger partial charge in [0.2, 0.25) is 11.8 Å². The average molecular weight is 217 g/mol. The van der Waals surface area contributed by atoms with Crippen LogP contribution in [0.1, 0.15) is 19.8 Å². The van der Waals surface area contributed by atoms with Crippen LogP contribution in [0.5, 0.6) is 0 Å². The van der Waals surface area contributed by atoms with Crippen molar-refractivity contribution in [3.63, 3.8) is 0 Å². The summed E-state index contributed by atoms with van der Waals surface area (Å²) in [7, 11) is 0. The number of aliphatic hydroxyl groups excluding tert-OH is 1. The average Bonchev–Trinajstić information content (AvgIpc) is 2.21. The zero-order valence-electron chi connectivity index (χ0n) is 8.90. The highest BCUT2D eigenvalue weighted by molar-refractivity contribution is 5.82. The molecule has 0 aliphatic rings. The Morgan fingerprint density at radius 1 is 1.47 bits per heavy atom. The Morgan fingerprint density at radius 2 is 2.07 bits per heavy atom. The van der Waals surface area contributed by atoms with Gasteiger partial charge in [0.1, 0.15) is 6.10 Å². The van der Waals surface area contributed by atoms with Crippen molar-refractivity contribution in [3.8, 4) is 0 Å². The largest absolute Gasteiger partial charge is 0.381 e. The number of hydrogen-bond donors (Lipinski definition) is 4. The Hall–Kier alpha value is -1.14. The van der Waals surface area contributed by atoms with Gasteiger partial charge in [-0.15, -0.1) is 0 Å². The molecule has 0 aliphatic carbocycles. The van der Waals surface area contributed by atoms with E-state index in [2.05, 4.69) is 5.32 Å². The van der Waals surface area contributed by atoms with Crippen LogP contribution in [0.3, 0.4) is 0 Å². The van der Waals surface area contributed by atoms with Gasteiger partial charge in [0.05, 0.1) is 12.5 Å². The molecule has 2 unspecified atom stereocenters. The first-order chi connectivity index (χ1) is 7.02. The van der Waals surface area contributed by atoms with Gasteiger partial charge >= 0.3 is 0 Å². The van der Waals surface area contributed by atoms with Gasteiger partial charge in [0.15, 0.2) is 0 Å². The Kier molecular flexibility index (Phi) is 6.64. The number of nitrogens with one attached hydrogen (secondary N) is 1. The lowest BCUT2D eigenvalue weighted by Crippen LogP contribution is -2.43. The van der Waals surface area contributed by atoms with Crippen LogP contribution in [-0.2, 0) is 9.59 Å². The minimum Gasteiger partial charge on any atom is -0.381 e. The summed E-state index contributed by atoms with van der Waals surface area (Å²) in [4.78, 5) is 21.9. The molecule has 0 aromatic heterocycles. The maximum absolute atomic E-state index is 11.4. The van der Waals surface area contributed by atoms with Crippen molar-refractivity contribution in [2.24, 2.45) is 17.4 Å². The number of primary amides is 1. The number of carbonyl (C=O) groups is 2. The molecule has 2 amide bonds. The van der Waals surface area contributed by atoms with Crippen LogP contribution in [0.15, 0.2) is 0 Å². The summed E-state index contributed by atoms with van der Waals surface area (Å²) in [6.07, 6.45) is 0.205. The van der Waals surface area contributed by atoms with Crippen molar-refractivity contribution in [1.82, 2.24) is 5.32 Å². The van der Waals surface area contributed by atoms with Gasteiger partial charge in [-0.05, 0) is 6.42 Å². The predicted molar refractivity (Wildman–Crippen MR) is 55.7 cm³/mol. The first kappa shape index (κ1) is 13.9. The molecule has 0 rings (SSSR count). The number of carbonyl (C=O) groups excluding carboxylic acids is 2. The van der Waals surface area contributed by atoms with E-state index in [1.54, 1.807) is 0 Å². The van der Waals surface area contributed by atoms with Crippen LogP contribution in [0, 0.1) is 5.92 Å². The van der Waals surface area contributed by atoms with Crippen molar-refractivity contribution in [2.75, 3.05) is 13.1 Å². The van der Waals surface area contributed by atoms with Crippen LogP contribution in [0.25, 0.3) is 0 Å². The molecular formula is C9H19N3O3. The highest BCUT2D eigenvalue weighted by atomic mass is 16.3. The third kappa shape index (κ3) is 5.34.